The van der Waals surface area contributed by atoms with Gasteiger partial charge in [0.1, 0.15) is 5.75 Å². The quantitative estimate of drug-likeness (QED) is 0.935. The molecule has 0 atom stereocenters. The van der Waals surface area contributed by atoms with Crippen molar-refractivity contribution < 1.29 is 4.74 Å². The van der Waals surface area contributed by atoms with Crippen LogP contribution in [0.3, 0.4) is 0 Å². The molecule has 1 aromatic heterocycles. The van der Waals surface area contributed by atoms with Crippen molar-refractivity contribution in [1.29, 1.82) is 0 Å². The fourth-order valence-corrected chi connectivity index (χ4v) is 2.18. The molecule has 0 amide bonds. The predicted molar refractivity (Wildman–Crippen MR) is 86.5 cm³/mol. The van der Waals surface area contributed by atoms with Gasteiger partial charge < -0.3 is 10.1 Å². The molecular weight excluding hydrogens is 286 g/mol. The summed E-state index contributed by atoms with van der Waals surface area (Å²) < 4.78 is 7.48. The van der Waals surface area contributed by atoms with Crippen LogP contribution in [0.4, 0.5) is 0 Å². The first-order chi connectivity index (χ1) is 9.81. The first-order valence-corrected chi connectivity index (χ1v) is 7.30. The minimum atomic E-state index is 0.0507. The van der Waals surface area contributed by atoms with Crippen molar-refractivity contribution in [3.05, 3.63) is 40.9 Å². The lowest BCUT2D eigenvalue weighted by Gasteiger charge is -2.21. The molecule has 1 heterocycles. The van der Waals surface area contributed by atoms with Crippen molar-refractivity contribution >= 4 is 11.6 Å². The van der Waals surface area contributed by atoms with Crippen LogP contribution >= 0.6 is 11.6 Å². The smallest absolute Gasteiger partial charge is 0.144 e. The molecule has 0 bridgehead atoms. The molecule has 1 aromatic carbocycles. The summed E-state index contributed by atoms with van der Waals surface area (Å²) in [5.41, 5.74) is 3.08. The number of rotatable bonds is 4. The third-order valence-electron chi connectivity index (χ3n) is 3.23. The first-order valence-electron chi connectivity index (χ1n) is 6.92. The highest BCUT2D eigenvalue weighted by Crippen LogP contribution is 2.30. The molecule has 2 aromatic rings. The van der Waals surface area contributed by atoms with Crippen molar-refractivity contribution in [2.24, 2.45) is 0 Å². The Morgan fingerprint density at radius 1 is 1.33 bits per heavy atom. The van der Waals surface area contributed by atoms with Gasteiger partial charge in [0.2, 0.25) is 0 Å². The number of hydrogen-bond acceptors (Lipinski definition) is 3. The van der Waals surface area contributed by atoms with Crippen LogP contribution < -0.4 is 10.1 Å². The highest BCUT2D eigenvalue weighted by atomic mass is 35.5. The monoisotopic (exact) mass is 307 g/mol. The summed E-state index contributed by atoms with van der Waals surface area (Å²) in [6.07, 6.45) is 3.66. The minimum absolute atomic E-state index is 0.0507. The third kappa shape index (κ3) is 3.77. The van der Waals surface area contributed by atoms with E-state index in [0.29, 0.717) is 5.02 Å². The Kier molecular flexibility index (Phi) is 4.59. The van der Waals surface area contributed by atoms with Crippen molar-refractivity contribution in [3.63, 3.8) is 0 Å². The van der Waals surface area contributed by atoms with Gasteiger partial charge in [-0.05, 0) is 39.3 Å². The van der Waals surface area contributed by atoms with Gasteiger partial charge in [-0.15, -0.1) is 0 Å². The zero-order valence-electron chi connectivity index (χ0n) is 13.2. The average molecular weight is 308 g/mol. The average Bonchev–Trinajstić information content (AvgIpc) is 2.86. The van der Waals surface area contributed by atoms with Gasteiger partial charge in [-0.1, -0.05) is 11.6 Å². The number of aryl methyl sites for hydroxylation is 1. The second kappa shape index (κ2) is 6.08. The molecule has 0 radical (unpaired) electrons. The van der Waals surface area contributed by atoms with E-state index in [0.717, 1.165) is 29.2 Å². The Labute approximate surface area is 131 Å². The van der Waals surface area contributed by atoms with Crippen molar-refractivity contribution in [3.8, 4) is 11.4 Å². The largest absolute Gasteiger partial charge is 0.495 e. The Morgan fingerprint density at radius 3 is 2.67 bits per heavy atom. The van der Waals surface area contributed by atoms with Crippen LogP contribution in [0.2, 0.25) is 5.02 Å². The van der Waals surface area contributed by atoms with Crippen LogP contribution in [0.1, 0.15) is 32.0 Å². The highest BCUT2D eigenvalue weighted by Gasteiger charge is 2.14. The van der Waals surface area contributed by atoms with Gasteiger partial charge in [0.25, 0.3) is 0 Å². The van der Waals surface area contributed by atoms with E-state index < -0.39 is 0 Å². The van der Waals surface area contributed by atoms with Crippen LogP contribution in [-0.2, 0) is 6.54 Å². The lowest BCUT2D eigenvalue weighted by Crippen LogP contribution is -2.35. The standard InChI is InChI=1S/C16H22ClN3O/c1-11-6-14(15(21-5)7-13(11)17)20-10-18-8-12(20)9-19-16(2,3)4/h6-8,10,19H,9H2,1-5H3. The molecule has 0 aliphatic rings. The minimum Gasteiger partial charge on any atom is -0.495 e. The van der Waals surface area contributed by atoms with Crippen LogP contribution in [0.25, 0.3) is 5.69 Å². The number of benzene rings is 1. The predicted octanol–water partition coefficient (Wildman–Crippen LogP) is 3.73. The highest BCUT2D eigenvalue weighted by molar-refractivity contribution is 6.31. The summed E-state index contributed by atoms with van der Waals surface area (Å²) in [4.78, 5) is 4.26. The zero-order valence-corrected chi connectivity index (χ0v) is 14.0. The number of methoxy groups -OCH3 is 1. The lowest BCUT2D eigenvalue weighted by atomic mass is 10.1. The van der Waals surface area contributed by atoms with Crippen LogP contribution in [0.15, 0.2) is 24.7 Å². The number of aromatic nitrogens is 2. The van der Waals surface area contributed by atoms with E-state index in [1.165, 1.54) is 0 Å². The summed E-state index contributed by atoms with van der Waals surface area (Å²) >= 11 is 6.17. The van der Waals surface area contributed by atoms with Crippen LogP contribution in [-0.4, -0.2) is 22.2 Å². The molecule has 0 saturated carbocycles. The fourth-order valence-electron chi connectivity index (χ4n) is 2.03. The maximum atomic E-state index is 6.17. The van der Waals surface area contributed by atoms with E-state index in [4.69, 9.17) is 16.3 Å². The van der Waals surface area contributed by atoms with Gasteiger partial charge in [-0.25, -0.2) is 4.98 Å². The number of halogens is 1. The summed E-state index contributed by atoms with van der Waals surface area (Å²) in [5.74, 6) is 0.737. The second-order valence-corrected chi connectivity index (χ2v) is 6.54. The molecule has 0 saturated heterocycles. The maximum Gasteiger partial charge on any atom is 0.144 e. The van der Waals surface area contributed by atoms with E-state index in [1.807, 2.05) is 29.8 Å². The van der Waals surface area contributed by atoms with Gasteiger partial charge in [0.05, 0.1) is 24.8 Å². The Bertz CT molecular complexity index is 629. The summed E-state index contributed by atoms with van der Waals surface area (Å²) in [5, 5.41) is 4.17. The molecule has 21 heavy (non-hydrogen) atoms. The summed E-state index contributed by atoms with van der Waals surface area (Å²) in [6, 6.07) is 3.86. The maximum absolute atomic E-state index is 6.17. The molecule has 0 fully saturated rings. The van der Waals surface area contributed by atoms with Gasteiger partial charge in [0.15, 0.2) is 0 Å². The number of ether oxygens (including phenoxy) is 1. The normalized spacial score (nSPS) is 11.7. The molecule has 4 nitrogen and oxygen atoms in total. The molecule has 0 aliphatic carbocycles. The molecule has 5 heteroatoms. The van der Waals surface area contributed by atoms with E-state index in [1.54, 1.807) is 13.4 Å². The number of nitrogens with zero attached hydrogens (tertiary/aromatic N) is 2. The topological polar surface area (TPSA) is 39.1 Å². The van der Waals surface area contributed by atoms with E-state index in [9.17, 15) is 0 Å². The summed E-state index contributed by atoms with van der Waals surface area (Å²) in [7, 11) is 1.65. The molecule has 0 unspecified atom stereocenters. The Balaban J connectivity index is 2.39. The van der Waals surface area contributed by atoms with Gasteiger partial charge in [-0.3, -0.25) is 4.57 Å². The second-order valence-electron chi connectivity index (χ2n) is 6.13. The number of imidazole rings is 1. The van der Waals surface area contributed by atoms with E-state index in [2.05, 4.69) is 31.1 Å². The Morgan fingerprint density at radius 2 is 2.05 bits per heavy atom. The third-order valence-corrected chi connectivity index (χ3v) is 3.64. The first kappa shape index (κ1) is 15.9. The molecule has 1 N–H and O–H groups in total. The van der Waals surface area contributed by atoms with Crippen molar-refractivity contribution in [1.82, 2.24) is 14.9 Å². The SMILES string of the molecule is COc1cc(Cl)c(C)cc1-n1cncc1CNC(C)(C)C. The number of hydrogen-bond donors (Lipinski definition) is 1. The van der Waals surface area contributed by atoms with Crippen molar-refractivity contribution in [2.75, 3.05) is 7.11 Å². The zero-order chi connectivity index (χ0) is 15.6. The lowest BCUT2D eigenvalue weighted by molar-refractivity contribution is 0.409. The molecule has 114 valence electrons. The summed E-state index contributed by atoms with van der Waals surface area (Å²) in [6.45, 7) is 9.13. The van der Waals surface area contributed by atoms with Crippen LogP contribution in [0.5, 0.6) is 5.75 Å². The van der Waals surface area contributed by atoms with Gasteiger partial charge in [-0.2, -0.15) is 0 Å². The Hall–Kier alpha value is -1.52. The van der Waals surface area contributed by atoms with Crippen LogP contribution in [0, 0.1) is 6.92 Å². The molecule has 0 spiro atoms. The fraction of sp³-hybridized carbons (Fsp3) is 0.438. The van der Waals surface area contributed by atoms with Crippen molar-refractivity contribution in [2.45, 2.75) is 39.8 Å². The number of nitrogens with one attached hydrogen (secondary N) is 1. The molecule has 2 rings (SSSR count). The molecule has 0 aliphatic heterocycles. The van der Waals surface area contributed by atoms with E-state index >= 15 is 0 Å². The van der Waals surface area contributed by atoms with Gasteiger partial charge in [0, 0.05) is 29.4 Å². The van der Waals surface area contributed by atoms with E-state index in [-0.39, 0.29) is 5.54 Å². The molecular formula is C16H22ClN3O. The van der Waals surface area contributed by atoms with Gasteiger partial charge >= 0.3 is 0 Å².